The molecule has 0 saturated heterocycles. The number of carbonyl (C=O) groups is 1. The number of alkyl halides is 1. The van der Waals surface area contributed by atoms with Crippen LogP contribution in [-0.2, 0) is 9.53 Å². The van der Waals surface area contributed by atoms with E-state index < -0.39 is 11.3 Å². The zero-order valence-electron chi connectivity index (χ0n) is 7.44. The molecule has 76 valence electrons. The molecule has 0 aromatic carbocycles. The summed E-state index contributed by atoms with van der Waals surface area (Å²) in [5.74, 6) is -0.484. The van der Waals surface area contributed by atoms with E-state index in [9.17, 15) is 4.79 Å². The summed E-state index contributed by atoms with van der Waals surface area (Å²) in [6.07, 6.45) is 1.14. The third-order valence-corrected chi connectivity index (χ3v) is 3.12. The van der Waals surface area contributed by atoms with Gasteiger partial charge < -0.3 is 4.74 Å². The van der Waals surface area contributed by atoms with Crippen LogP contribution in [0.15, 0.2) is 9.70 Å². The Kier molecular flexibility index (Phi) is 6.82. The Hall–Kier alpha value is 0.270. The van der Waals surface area contributed by atoms with Gasteiger partial charge in [0.1, 0.15) is 5.38 Å². The first-order chi connectivity index (χ1) is 6.02. The maximum absolute atomic E-state index is 11.1. The minimum absolute atomic E-state index is 0.251. The largest absolute Gasteiger partial charge is 0.417 e. The maximum atomic E-state index is 11.1. The number of esters is 1. The van der Waals surface area contributed by atoms with Crippen molar-refractivity contribution in [2.45, 2.75) is 32.1 Å². The zero-order chi connectivity index (χ0) is 10.4. The first-order valence-corrected chi connectivity index (χ1v) is 5.53. The van der Waals surface area contributed by atoms with Crippen LogP contribution in [0.25, 0.3) is 0 Å². The Morgan fingerprint density at radius 1 is 1.54 bits per heavy atom. The lowest BCUT2D eigenvalue weighted by molar-refractivity contribution is -0.138. The highest BCUT2D eigenvalue weighted by Gasteiger charge is 2.16. The second-order valence-corrected chi connectivity index (χ2v) is 4.03. The van der Waals surface area contributed by atoms with E-state index in [1.807, 2.05) is 6.92 Å². The number of hydrogen-bond donors (Lipinski definition) is 0. The van der Waals surface area contributed by atoms with Crippen LogP contribution in [0.4, 0.5) is 0 Å². The molecule has 0 aliphatic carbocycles. The predicted molar refractivity (Wildman–Crippen MR) is 58.1 cm³/mol. The van der Waals surface area contributed by atoms with E-state index in [2.05, 4.69) is 15.9 Å². The molecule has 0 spiro atoms. The molecule has 1 unspecified atom stereocenters. The van der Waals surface area contributed by atoms with Crippen molar-refractivity contribution < 1.29 is 9.53 Å². The van der Waals surface area contributed by atoms with Crippen molar-refractivity contribution in [2.75, 3.05) is 0 Å². The van der Waals surface area contributed by atoms with Gasteiger partial charge in [0.25, 0.3) is 0 Å². The summed E-state index contributed by atoms with van der Waals surface area (Å²) in [5, 5.41) is -0.151. The fraction of sp³-hybridized carbons (Fsp3) is 0.625. The molecule has 13 heavy (non-hydrogen) atoms. The van der Waals surface area contributed by atoms with Gasteiger partial charge in [-0.1, -0.05) is 25.4 Å². The lowest BCUT2D eigenvalue weighted by atomic mass is 10.3. The van der Waals surface area contributed by atoms with Crippen molar-refractivity contribution >= 4 is 45.1 Å². The molecule has 5 heteroatoms. The van der Waals surface area contributed by atoms with E-state index >= 15 is 0 Å². The lowest BCUT2D eigenvalue weighted by Crippen LogP contribution is -2.15. The third-order valence-electron chi connectivity index (χ3n) is 1.33. The van der Waals surface area contributed by atoms with Crippen LogP contribution in [0.1, 0.15) is 26.7 Å². The van der Waals surface area contributed by atoms with Gasteiger partial charge in [0.15, 0.2) is 4.67 Å². The summed E-state index contributed by atoms with van der Waals surface area (Å²) in [5.41, 5.74) is 0. The van der Waals surface area contributed by atoms with Gasteiger partial charge in [-0.25, -0.2) is 0 Å². The molecular formula is C8H11BrCl2O2. The first-order valence-electron chi connectivity index (χ1n) is 3.92. The molecule has 0 aliphatic heterocycles. The molecule has 0 heterocycles. The fourth-order valence-corrected chi connectivity index (χ4v) is 1.04. The summed E-state index contributed by atoms with van der Waals surface area (Å²) in [6.45, 7) is 3.66. The summed E-state index contributed by atoms with van der Waals surface area (Å²) < 4.78 is 5.10. The minimum Gasteiger partial charge on any atom is -0.417 e. The predicted octanol–water partition coefficient (Wildman–Crippen LogP) is 3.76. The van der Waals surface area contributed by atoms with Gasteiger partial charge in [0.05, 0.1) is 5.03 Å². The number of ether oxygens (including phenoxy) is 1. The fourth-order valence-electron chi connectivity index (χ4n) is 0.513. The maximum Gasteiger partial charge on any atom is 0.329 e. The minimum atomic E-state index is -0.617. The molecule has 0 saturated carbocycles. The average molecular weight is 290 g/mol. The van der Waals surface area contributed by atoms with Crippen molar-refractivity contribution in [1.29, 1.82) is 0 Å². The van der Waals surface area contributed by atoms with Gasteiger partial charge in [0, 0.05) is 0 Å². The topological polar surface area (TPSA) is 26.3 Å². The second kappa shape index (κ2) is 6.68. The van der Waals surface area contributed by atoms with Crippen LogP contribution >= 0.6 is 39.1 Å². The number of halogens is 3. The highest BCUT2D eigenvalue weighted by atomic mass is 79.9. The van der Waals surface area contributed by atoms with Crippen molar-refractivity contribution in [3.8, 4) is 0 Å². The van der Waals surface area contributed by atoms with Gasteiger partial charge in [-0.05, 0) is 28.8 Å². The summed E-state index contributed by atoms with van der Waals surface area (Å²) in [4.78, 5) is 11.1. The Bertz CT molecular complexity index is 216. The number of allylic oxidation sites excluding steroid dienone is 1. The van der Waals surface area contributed by atoms with Crippen LogP contribution in [0.3, 0.4) is 0 Å². The SMILES string of the molecule is CC/C(Cl)=C(\Br)OC(=O)C(Cl)CC. The van der Waals surface area contributed by atoms with Crippen LogP contribution in [-0.4, -0.2) is 11.3 Å². The van der Waals surface area contributed by atoms with E-state index in [-0.39, 0.29) is 4.67 Å². The Morgan fingerprint density at radius 2 is 2.08 bits per heavy atom. The first kappa shape index (κ1) is 13.3. The molecule has 0 amide bonds. The van der Waals surface area contributed by atoms with Gasteiger partial charge in [-0.2, -0.15) is 0 Å². The molecule has 0 N–H and O–H groups in total. The Labute approximate surface area is 96.4 Å². The van der Waals surface area contributed by atoms with Crippen molar-refractivity contribution in [3.63, 3.8) is 0 Å². The molecular weight excluding hydrogens is 279 g/mol. The normalized spacial score (nSPS) is 14.8. The number of carbonyl (C=O) groups excluding carboxylic acids is 1. The number of hydrogen-bond acceptors (Lipinski definition) is 2. The third kappa shape index (κ3) is 4.89. The van der Waals surface area contributed by atoms with Crippen LogP contribution in [0, 0.1) is 0 Å². The molecule has 0 bridgehead atoms. The van der Waals surface area contributed by atoms with Crippen LogP contribution in [0.2, 0.25) is 0 Å². The number of rotatable bonds is 4. The van der Waals surface area contributed by atoms with E-state index in [4.69, 9.17) is 27.9 Å². The Morgan fingerprint density at radius 3 is 2.46 bits per heavy atom. The Balaban J connectivity index is 4.21. The van der Waals surface area contributed by atoms with Gasteiger partial charge in [0.2, 0.25) is 0 Å². The lowest BCUT2D eigenvalue weighted by Gasteiger charge is -2.07. The molecule has 0 radical (unpaired) electrons. The molecule has 2 nitrogen and oxygen atoms in total. The van der Waals surface area contributed by atoms with Crippen LogP contribution < -0.4 is 0 Å². The molecule has 0 aromatic rings. The molecule has 0 aliphatic rings. The smallest absolute Gasteiger partial charge is 0.329 e. The van der Waals surface area contributed by atoms with E-state index in [0.717, 1.165) is 0 Å². The van der Waals surface area contributed by atoms with Gasteiger partial charge in [-0.3, -0.25) is 4.79 Å². The molecule has 1 atom stereocenters. The average Bonchev–Trinajstić information content (AvgIpc) is 2.14. The quantitative estimate of drug-likeness (QED) is 0.447. The van der Waals surface area contributed by atoms with E-state index in [1.54, 1.807) is 6.92 Å². The van der Waals surface area contributed by atoms with Crippen molar-refractivity contribution in [1.82, 2.24) is 0 Å². The molecule has 0 rings (SSSR count). The van der Waals surface area contributed by atoms with E-state index in [0.29, 0.717) is 17.9 Å². The zero-order valence-corrected chi connectivity index (χ0v) is 10.5. The van der Waals surface area contributed by atoms with Crippen molar-refractivity contribution in [3.05, 3.63) is 9.70 Å². The highest BCUT2D eigenvalue weighted by molar-refractivity contribution is 9.11. The highest BCUT2D eigenvalue weighted by Crippen LogP contribution is 2.21. The van der Waals surface area contributed by atoms with Crippen LogP contribution in [0.5, 0.6) is 0 Å². The summed E-state index contributed by atoms with van der Waals surface area (Å²) >= 11 is 14.4. The molecule has 0 aromatic heterocycles. The van der Waals surface area contributed by atoms with Crippen molar-refractivity contribution in [2.24, 2.45) is 0 Å². The summed E-state index contributed by atoms with van der Waals surface area (Å²) in [7, 11) is 0. The van der Waals surface area contributed by atoms with Gasteiger partial charge in [-0.15, -0.1) is 11.6 Å². The van der Waals surface area contributed by atoms with Gasteiger partial charge >= 0.3 is 5.97 Å². The second-order valence-electron chi connectivity index (χ2n) is 2.33. The van der Waals surface area contributed by atoms with E-state index in [1.165, 1.54) is 0 Å². The summed E-state index contributed by atoms with van der Waals surface area (Å²) in [6, 6.07) is 0. The monoisotopic (exact) mass is 288 g/mol. The molecule has 0 fully saturated rings. The standard InChI is InChI=1S/C8H11BrCl2O2/c1-3-5(10)7(9)13-8(12)6(11)4-2/h6H,3-4H2,1-2H3/b7-5-.